The molecular weight excluding hydrogens is 226 g/mol. The zero-order valence-corrected chi connectivity index (χ0v) is 10.9. The van der Waals surface area contributed by atoms with E-state index >= 15 is 0 Å². The lowest BCUT2D eigenvalue weighted by Gasteiger charge is -2.43. The Morgan fingerprint density at radius 1 is 1.28 bits per heavy atom. The van der Waals surface area contributed by atoms with Crippen LogP contribution in [-0.2, 0) is 10.3 Å². The van der Waals surface area contributed by atoms with E-state index in [-0.39, 0.29) is 0 Å². The molecule has 0 radical (unpaired) electrons. The first-order chi connectivity index (χ1) is 8.52. The number of hydrogen-bond donors (Lipinski definition) is 1. The summed E-state index contributed by atoms with van der Waals surface area (Å²) < 4.78 is 5.31. The Kier molecular flexibility index (Phi) is 3.43. The standard InChI is InChI=1S/C15H19NO2/c1-12-3-5-13(6-4-12)14(2,17)15(11-16)7-9-18-10-8-15/h3-6,17H,7-10H2,1-2H3. The van der Waals surface area contributed by atoms with E-state index in [2.05, 4.69) is 6.07 Å². The predicted octanol–water partition coefficient (Wildman–Crippen LogP) is 2.52. The van der Waals surface area contributed by atoms with Gasteiger partial charge in [-0.05, 0) is 32.3 Å². The minimum absolute atomic E-state index is 0.537. The van der Waals surface area contributed by atoms with Gasteiger partial charge < -0.3 is 9.84 Å². The van der Waals surface area contributed by atoms with Crippen LogP contribution < -0.4 is 0 Å². The molecule has 0 amide bonds. The van der Waals surface area contributed by atoms with E-state index < -0.39 is 11.0 Å². The maximum Gasteiger partial charge on any atom is 0.106 e. The van der Waals surface area contributed by atoms with Crippen LogP contribution in [0, 0.1) is 23.7 Å². The van der Waals surface area contributed by atoms with Crippen molar-refractivity contribution in [1.29, 1.82) is 5.26 Å². The van der Waals surface area contributed by atoms with Crippen LogP contribution in [0.15, 0.2) is 24.3 Å². The molecular formula is C15H19NO2. The lowest BCUT2D eigenvalue weighted by molar-refractivity contribution is -0.0974. The van der Waals surface area contributed by atoms with Gasteiger partial charge in [-0.2, -0.15) is 5.26 Å². The highest BCUT2D eigenvalue weighted by atomic mass is 16.5. The molecule has 0 aromatic heterocycles. The van der Waals surface area contributed by atoms with Crippen molar-refractivity contribution >= 4 is 0 Å². The van der Waals surface area contributed by atoms with Gasteiger partial charge in [0.2, 0.25) is 0 Å². The van der Waals surface area contributed by atoms with Crippen molar-refractivity contribution in [3.63, 3.8) is 0 Å². The largest absolute Gasteiger partial charge is 0.384 e. The van der Waals surface area contributed by atoms with Crippen LogP contribution in [0.4, 0.5) is 0 Å². The molecule has 1 N–H and O–H groups in total. The summed E-state index contributed by atoms with van der Waals surface area (Å²) in [6.45, 7) is 4.82. The van der Waals surface area contributed by atoms with E-state index in [0.717, 1.165) is 11.1 Å². The molecule has 1 heterocycles. The van der Waals surface area contributed by atoms with Crippen molar-refractivity contribution in [3.05, 3.63) is 35.4 Å². The van der Waals surface area contributed by atoms with Crippen molar-refractivity contribution in [2.45, 2.75) is 32.3 Å². The minimum atomic E-state index is -1.14. The molecule has 0 saturated carbocycles. The molecule has 0 bridgehead atoms. The monoisotopic (exact) mass is 245 g/mol. The Hall–Kier alpha value is -1.37. The molecule has 96 valence electrons. The molecule has 0 aliphatic carbocycles. The lowest BCUT2D eigenvalue weighted by atomic mass is 9.66. The molecule has 2 rings (SSSR count). The summed E-state index contributed by atoms with van der Waals surface area (Å²) in [6, 6.07) is 10.1. The summed E-state index contributed by atoms with van der Waals surface area (Å²) in [5.41, 5.74) is 0.0591. The molecule has 1 unspecified atom stereocenters. The van der Waals surface area contributed by atoms with Crippen LogP contribution in [0.3, 0.4) is 0 Å². The van der Waals surface area contributed by atoms with Gasteiger partial charge in [0.15, 0.2) is 0 Å². The van der Waals surface area contributed by atoms with Crippen molar-refractivity contribution in [3.8, 4) is 6.07 Å². The van der Waals surface area contributed by atoms with E-state index in [9.17, 15) is 10.4 Å². The maximum absolute atomic E-state index is 10.9. The quantitative estimate of drug-likeness (QED) is 0.871. The fraction of sp³-hybridized carbons (Fsp3) is 0.533. The van der Waals surface area contributed by atoms with Gasteiger partial charge in [-0.25, -0.2) is 0 Å². The Balaban J connectivity index is 2.39. The first-order valence-electron chi connectivity index (χ1n) is 6.30. The zero-order chi connectivity index (χ0) is 13.2. The number of ether oxygens (including phenoxy) is 1. The number of aryl methyl sites for hydroxylation is 1. The van der Waals surface area contributed by atoms with E-state index in [4.69, 9.17) is 4.74 Å². The van der Waals surface area contributed by atoms with E-state index in [1.165, 1.54) is 0 Å². The van der Waals surface area contributed by atoms with Gasteiger partial charge in [-0.3, -0.25) is 0 Å². The van der Waals surface area contributed by atoms with E-state index in [0.29, 0.717) is 26.1 Å². The van der Waals surface area contributed by atoms with Gasteiger partial charge in [0.1, 0.15) is 5.60 Å². The van der Waals surface area contributed by atoms with Crippen LogP contribution in [0.2, 0.25) is 0 Å². The predicted molar refractivity (Wildman–Crippen MR) is 68.8 cm³/mol. The summed E-state index contributed by atoms with van der Waals surface area (Å²) in [4.78, 5) is 0. The van der Waals surface area contributed by atoms with Crippen molar-refractivity contribution < 1.29 is 9.84 Å². The Labute approximate surface area is 108 Å². The first kappa shape index (κ1) is 13.1. The normalized spacial score (nSPS) is 21.9. The van der Waals surface area contributed by atoms with Gasteiger partial charge in [-0.1, -0.05) is 29.8 Å². The fourth-order valence-corrected chi connectivity index (χ4v) is 2.58. The second kappa shape index (κ2) is 4.72. The lowest BCUT2D eigenvalue weighted by Crippen LogP contribution is -2.46. The summed E-state index contributed by atoms with van der Waals surface area (Å²) in [5.74, 6) is 0. The van der Waals surface area contributed by atoms with Crippen LogP contribution in [0.25, 0.3) is 0 Å². The first-order valence-corrected chi connectivity index (χ1v) is 6.30. The second-order valence-corrected chi connectivity index (χ2v) is 5.24. The molecule has 1 saturated heterocycles. The third-order valence-corrected chi connectivity index (χ3v) is 4.11. The molecule has 1 atom stereocenters. The summed E-state index contributed by atoms with van der Waals surface area (Å²) >= 11 is 0. The highest BCUT2D eigenvalue weighted by Gasteiger charge is 2.49. The number of aliphatic hydroxyl groups is 1. The molecule has 3 heteroatoms. The van der Waals surface area contributed by atoms with Crippen molar-refractivity contribution in [2.24, 2.45) is 5.41 Å². The summed E-state index contributed by atoms with van der Waals surface area (Å²) in [6.07, 6.45) is 1.15. The fourth-order valence-electron chi connectivity index (χ4n) is 2.58. The van der Waals surface area contributed by atoms with Gasteiger partial charge in [0.05, 0.1) is 11.5 Å². The third kappa shape index (κ3) is 2.03. The van der Waals surface area contributed by atoms with Gasteiger partial charge in [0.25, 0.3) is 0 Å². The number of hydrogen-bond acceptors (Lipinski definition) is 3. The highest BCUT2D eigenvalue weighted by molar-refractivity contribution is 5.31. The molecule has 1 aliphatic rings. The SMILES string of the molecule is Cc1ccc(C(C)(O)C2(C#N)CCOCC2)cc1. The minimum Gasteiger partial charge on any atom is -0.384 e. The topological polar surface area (TPSA) is 53.2 Å². The van der Waals surface area contributed by atoms with Crippen LogP contribution in [0.5, 0.6) is 0 Å². The smallest absolute Gasteiger partial charge is 0.106 e. The molecule has 1 fully saturated rings. The number of benzene rings is 1. The Morgan fingerprint density at radius 3 is 2.33 bits per heavy atom. The number of nitrogens with zero attached hydrogens (tertiary/aromatic N) is 1. The highest BCUT2D eigenvalue weighted by Crippen LogP contribution is 2.46. The average Bonchev–Trinajstić information content (AvgIpc) is 2.40. The molecule has 18 heavy (non-hydrogen) atoms. The molecule has 1 aromatic carbocycles. The molecule has 1 aliphatic heterocycles. The molecule has 3 nitrogen and oxygen atoms in total. The molecule has 1 aromatic rings. The Bertz CT molecular complexity index is 450. The van der Waals surface area contributed by atoms with Crippen molar-refractivity contribution in [1.82, 2.24) is 0 Å². The summed E-state index contributed by atoms with van der Waals surface area (Å²) in [7, 11) is 0. The van der Waals surface area contributed by atoms with Gasteiger partial charge in [-0.15, -0.1) is 0 Å². The Morgan fingerprint density at radius 2 is 1.83 bits per heavy atom. The van der Waals surface area contributed by atoms with Crippen LogP contribution in [-0.4, -0.2) is 18.3 Å². The molecule has 0 spiro atoms. The van der Waals surface area contributed by atoms with Crippen molar-refractivity contribution in [2.75, 3.05) is 13.2 Å². The number of rotatable bonds is 2. The number of nitriles is 1. The average molecular weight is 245 g/mol. The zero-order valence-electron chi connectivity index (χ0n) is 10.9. The van der Waals surface area contributed by atoms with Gasteiger partial charge in [0, 0.05) is 13.2 Å². The maximum atomic E-state index is 10.9. The van der Waals surface area contributed by atoms with Crippen LogP contribution in [0.1, 0.15) is 30.9 Å². The van der Waals surface area contributed by atoms with Crippen LogP contribution >= 0.6 is 0 Å². The van der Waals surface area contributed by atoms with E-state index in [1.807, 2.05) is 31.2 Å². The van der Waals surface area contributed by atoms with Gasteiger partial charge >= 0.3 is 0 Å². The van der Waals surface area contributed by atoms with E-state index in [1.54, 1.807) is 6.92 Å². The third-order valence-electron chi connectivity index (χ3n) is 4.11. The second-order valence-electron chi connectivity index (χ2n) is 5.24. The summed E-state index contributed by atoms with van der Waals surface area (Å²) in [5, 5.41) is 20.4.